The van der Waals surface area contributed by atoms with Crippen LogP contribution in [0, 0.1) is 0 Å². The lowest BCUT2D eigenvalue weighted by Crippen LogP contribution is -2.30. The predicted octanol–water partition coefficient (Wildman–Crippen LogP) is 17.1. The number of allylic oxidation sites excluding steroid dienone is 8. The van der Waals surface area contributed by atoms with Crippen LogP contribution in [-0.2, 0) is 28.6 Å². The van der Waals surface area contributed by atoms with E-state index in [-0.39, 0.29) is 31.1 Å². The first-order valence-electron chi connectivity index (χ1n) is 26.1. The molecule has 0 saturated heterocycles. The Morgan fingerprint density at radius 2 is 0.590 bits per heavy atom. The molecule has 0 spiro atoms. The molecule has 0 radical (unpaired) electrons. The molecule has 0 fully saturated rings. The molecule has 1 unspecified atom stereocenters. The number of carbonyl (C=O) groups excluding carboxylic acids is 3. The molecule has 0 N–H and O–H groups in total. The van der Waals surface area contributed by atoms with Crippen molar-refractivity contribution in [1.29, 1.82) is 0 Å². The summed E-state index contributed by atoms with van der Waals surface area (Å²) in [5.41, 5.74) is 0. The molecule has 0 amide bonds. The van der Waals surface area contributed by atoms with Crippen molar-refractivity contribution in [3.63, 3.8) is 0 Å². The Labute approximate surface area is 378 Å². The average molecular weight is 855 g/mol. The number of carbonyl (C=O) groups is 3. The van der Waals surface area contributed by atoms with Crippen LogP contribution in [0.3, 0.4) is 0 Å². The first-order valence-corrected chi connectivity index (χ1v) is 26.1. The minimum absolute atomic E-state index is 0.0780. The molecule has 6 heteroatoms. The number of ether oxygens (including phenoxy) is 3. The van der Waals surface area contributed by atoms with Crippen molar-refractivity contribution in [3.8, 4) is 0 Å². The number of esters is 3. The van der Waals surface area contributed by atoms with Crippen molar-refractivity contribution in [3.05, 3.63) is 48.6 Å². The Morgan fingerprint density at radius 3 is 0.918 bits per heavy atom. The summed E-state index contributed by atoms with van der Waals surface area (Å²) < 4.78 is 16.7. The highest BCUT2D eigenvalue weighted by atomic mass is 16.6. The van der Waals surface area contributed by atoms with Crippen LogP contribution in [0.25, 0.3) is 0 Å². The summed E-state index contributed by atoms with van der Waals surface area (Å²) in [7, 11) is 0. The van der Waals surface area contributed by atoms with E-state index in [4.69, 9.17) is 14.2 Å². The number of unbranched alkanes of at least 4 members (excludes halogenated alkanes) is 28. The van der Waals surface area contributed by atoms with E-state index in [0.717, 1.165) is 83.5 Å². The van der Waals surface area contributed by atoms with E-state index in [2.05, 4.69) is 69.4 Å². The normalized spacial score (nSPS) is 12.4. The molecule has 0 heterocycles. The first-order chi connectivity index (χ1) is 30.0. The molecule has 6 nitrogen and oxygen atoms in total. The minimum atomic E-state index is -0.776. The third-order valence-electron chi connectivity index (χ3n) is 11.3. The van der Waals surface area contributed by atoms with Crippen LogP contribution in [0.4, 0.5) is 0 Å². The molecule has 61 heavy (non-hydrogen) atoms. The van der Waals surface area contributed by atoms with Gasteiger partial charge in [0.25, 0.3) is 0 Å². The average Bonchev–Trinajstić information content (AvgIpc) is 3.26. The Kier molecular flexibility index (Phi) is 47.9. The standard InChI is InChI=1S/C55H98O6/c1-4-7-10-13-16-18-20-22-24-26-28-30-32-34-36-39-42-45-48-54(57)60-51-52(50-59-53(56)47-44-41-38-15-12-9-6-3)61-55(58)49-46-43-40-37-35-33-31-29-27-25-23-21-19-17-14-11-8-5-2/h18-21,24-27,52H,4-17,22-23,28-51H2,1-3H3/b20-18-,21-19-,26-24-,27-25-. The van der Waals surface area contributed by atoms with Crippen LogP contribution in [0.5, 0.6) is 0 Å². The van der Waals surface area contributed by atoms with E-state index in [1.54, 1.807) is 0 Å². The van der Waals surface area contributed by atoms with Gasteiger partial charge in [-0.3, -0.25) is 14.4 Å². The van der Waals surface area contributed by atoms with Crippen LogP contribution in [0.15, 0.2) is 48.6 Å². The zero-order chi connectivity index (χ0) is 44.4. The molecule has 0 aromatic rings. The van der Waals surface area contributed by atoms with Crippen molar-refractivity contribution in [2.45, 2.75) is 271 Å². The second-order valence-electron chi connectivity index (χ2n) is 17.4. The smallest absolute Gasteiger partial charge is 0.306 e. The molecule has 354 valence electrons. The van der Waals surface area contributed by atoms with Gasteiger partial charge in [0.05, 0.1) is 0 Å². The molecule has 0 aliphatic rings. The lowest BCUT2D eigenvalue weighted by molar-refractivity contribution is -0.167. The van der Waals surface area contributed by atoms with E-state index >= 15 is 0 Å². The fourth-order valence-electron chi connectivity index (χ4n) is 7.33. The summed E-state index contributed by atoms with van der Waals surface area (Å²) in [4.78, 5) is 37.8. The van der Waals surface area contributed by atoms with Crippen molar-refractivity contribution in [2.75, 3.05) is 13.2 Å². The largest absolute Gasteiger partial charge is 0.462 e. The van der Waals surface area contributed by atoms with Crippen LogP contribution in [0.1, 0.15) is 265 Å². The second-order valence-corrected chi connectivity index (χ2v) is 17.4. The van der Waals surface area contributed by atoms with E-state index in [1.165, 1.54) is 141 Å². The van der Waals surface area contributed by atoms with Crippen LogP contribution >= 0.6 is 0 Å². The third-order valence-corrected chi connectivity index (χ3v) is 11.3. The first kappa shape index (κ1) is 58.4. The zero-order valence-electron chi connectivity index (χ0n) is 40.4. The molecule has 0 aliphatic heterocycles. The van der Waals surface area contributed by atoms with Gasteiger partial charge in [0.2, 0.25) is 0 Å². The van der Waals surface area contributed by atoms with Crippen molar-refractivity contribution in [1.82, 2.24) is 0 Å². The molecule has 0 saturated carbocycles. The predicted molar refractivity (Wildman–Crippen MR) is 261 cm³/mol. The number of rotatable bonds is 47. The Balaban J connectivity index is 4.27. The van der Waals surface area contributed by atoms with Gasteiger partial charge in [-0.05, 0) is 83.5 Å². The summed E-state index contributed by atoms with van der Waals surface area (Å²) in [6.45, 7) is 6.56. The van der Waals surface area contributed by atoms with Gasteiger partial charge in [-0.15, -0.1) is 0 Å². The van der Waals surface area contributed by atoms with Gasteiger partial charge in [-0.1, -0.05) is 211 Å². The van der Waals surface area contributed by atoms with Crippen LogP contribution < -0.4 is 0 Å². The lowest BCUT2D eigenvalue weighted by atomic mass is 10.1. The maximum atomic E-state index is 12.8. The lowest BCUT2D eigenvalue weighted by Gasteiger charge is -2.18. The second kappa shape index (κ2) is 50.0. The highest BCUT2D eigenvalue weighted by Crippen LogP contribution is 2.14. The Bertz CT molecular complexity index is 1070. The monoisotopic (exact) mass is 855 g/mol. The van der Waals surface area contributed by atoms with Gasteiger partial charge in [-0.2, -0.15) is 0 Å². The van der Waals surface area contributed by atoms with Crippen molar-refractivity contribution >= 4 is 17.9 Å². The minimum Gasteiger partial charge on any atom is -0.462 e. The van der Waals surface area contributed by atoms with Gasteiger partial charge in [0.15, 0.2) is 6.10 Å². The SMILES string of the molecule is CCCCCC/C=C\C/C=C\CCCCCCCCCC(=O)OCC(COC(=O)CCCCCCCCC)OC(=O)CCCCCCCCC/C=C\C/C=C\CCCCCC. The highest BCUT2D eigenvalue weighted by Gasteiger charge is 2.19. The van der Waals surface area contributed by atoms with E-state index in [0.29, 0.717) is 19.3 Å². The van der Waals surface area contributed by atoms with E-state index in [9.17, 15) is 14.4 Å². The zero-order valence-corrected chi connectivity index (χ0v) is 40.4. The van der Waals surface area contributed by atoms with Gasteiger partial charge in [0, 0.05) is 19.3 Å². The number of hydrogen-bond donors (Lipinski definition) is 0. The molecule has 0 aromatic heterocycles. The quantitative estimate of drug-likeness (QED) is 0.0263. The van der Waals surface area contributed by atoms with E-state index in [1.807, 2.05) is 0 Å². The van der Waals surface area contributed by atoms with E-state index < -0.39 is 6.10 Å². The molecule has 1 atom stereocenters. The fourth-order valence-corrected chi connectivity index (χ4v) is 7.33. The van der Waals surface area contributed by atoms with Crippen molar-refractivity contribution in [2.24, 2.45) is 0 Å². The van der Waals surface area contributed by atoms with Gasteiger partial charge in [-0.25, -0.2) is 0 Å². The maximum Gasteiger partial charge on any atom is 0.306 e. The molecule has 0 bridgehead atoms. The van der Waals surface area contributed by atoms with Gasteiger partial charge >= 0.3 is 17.9 Å². The summed E-state index contributed by atoms with van der Waals surface area (Å²) in [6, 6.07) is 0. The molecule has 0 rings (SSSR count). The molecule has 0 aromatic carbocycles. The van der Waals surface area contributed by atoms with Gasteiger partial charge in [0.1, 0.15) is 13.2 Å². The number of hydrogen-bond acceptors (Lipinski definition) is 6. The van der Waals surface area contributed by atoms with Gasteiger partial charge < -0.3 is 14.2 Å². The highest BCUT2D eigenvalue weighted by molar-refractivity contribution is 5.71. The Morgan fingerprint density at radius 1 is 0.328 bits per heavy atom. The van der Waals surface area contributed by atoms with Crippen molar-refractivity contribution < 1.29 is 28.6 Å². The maximum absolute atomic E-state index is 12.8. The summed E-state index contributed by atoms with van der Waals surface area (Å²) in [5.74, 6) is -0.894. The summed E-state index contributed by atoms with van der Waals surface area (Å²) in [5, 5.41) is 0. The molecule has 0 aliphatic carbocycles. The summed E-state index contributed by atoms with van der Waals surface area (Å²) in [6.07, 6.45) is 59.6. The third kappa shape index (κ3) is 48.3. The molecular weight excluding hydrogens is 757 g/mol. The van der Waals surface area contributed by atoms with Crippen LogP contribution in [0.2, 0.25) is 0 Å². The molecular formula is C55H98O6. The summed E-state index contributed by atoms with van der Waals surface area (Å²) >= 11 is 0. The van der Waals surface area contributed by atoms with Crippen LogP contribution in [-0.4, -0.2) is 37.2 Å². The fraction of sp³-hybridized carbons (Fsp3) is 0.800. The topological polar surface area (TPSA) is 78.9 Å². The Hall–Kier alpha value is -2.63.